The number of rotatable bonds is 2. The van der Waals surface area contributed by atoms with Crippen LogP contribution < -0.4 is 4.90 Å². The summed E-state index contributed by atoms with van der Waals surface area (Å²) in [6.45, 7) is 2.00. The normalized spacial score (nSPS) is 15.6. The van der Waals surface area contributed by atoms with Gasteiger partial charge in [0.05, 0.1) is 5.56 Å². The molecule has 0 spiro atoms. The topological polar surface area (TPSA) is 49.6 Å². The van der Waals surface area contributed by atoms with Crippen LogP contribution in [0.25, 0.3) is 11.0 Å². The lowest BCUT2D eigenvalue weighted by molar-refractivity contribution is -0.137. The van der Waals surface area contributed by atoms with Crippen molar-refractivity contribution in [2.45, 2.75) is 12.6 Å². The molecule has 0 bridgehead atoms. The first-order chi connectivity index (χ1) is 13.8. The van der Waals surface area contributed by atoms with Crippen molar-refractivity contribution < 1.29 is 22.4 Å². The van der Waals surface area contributed by atoms with E-state index in [0.717, 1.165) is 17.6 Å². The molecule has 1 fully saturated rings. The summed E-state index contributed by atoms with van der Waals surface area (Å²) in [5.74, 6) is 0.480. The van der Waals surface area contributed by atoms with Crippen LogP contribution in [0.1, 0.15) is 22.5 Å². The number of alkyl halides is 3. The van der Waals surface area contributed by atoms with Crippen molar-refractivity contribution in [1.82, 2.24) is 9.88 Å². The van der Waals surface area contributed by atoms with Crippen LogP contribution in [0.3, 0.4) is 0 Å². The lowest BCUT2D eigenvalue weighted by Crippen LogP contribution is -2.35. The summed E-state index contributed by atoms with van der Waals surface area (Å²) in [5.41, 5.74) is -0.194. The molecule has 2 aromatic heterocycles. The molecule has 3 aromatic rings. The van der Waals surface area contributed by atoms with Crippen LogP contribution in [0.5, 0.6) is 0 Å². The summed E-state index contributed by atoms with van der Waals surface area (Å²) >= 11 is 5.98. The monoisotopic (exact) mass is 423 g/mol. The minimum atomic E-state index is -4.41. The van der Waals surface area contributed by atoms with Gasteiger partial charge < -0.3 is 14.2 Å². The molecule has 0 unspecified atom stereocenters. The first-order valence-corrected chi connectivity index (χ1v) is 9.45. The zero-order chi connectivity index (χ0) is 20.6. The molecule has 9 heteroatoms. The molecule has 3 heterocycles. The van der Waals surface area contributed by atoms with Crippen LogP contribution in [-0.2, 0) is 6.18 Å². The van der Waals surface area contributed by atoms with E-state index in [4.69, 9.17) is 16.0 Å². The lowest BCUT2D eigenvalue weighted by atomic mass is 10.2. The van der Waals surface area contributed by atoms with Gasteiger partial charge in [0.2, 0.25) is 0 Å². The van der Waals surface area contributed by atoms with Gasteiger partial charge in [-0.05, 0) is 42.8 Å². The maximum absolute atomic E-state index is 12.8. The predicted octanol–water partition coefficient (Wildman–Crippen LogP) is 4.85. The van der Waals surface area contributed by atoms with Crippen LogP contribution >= 0.6 is 11.6 Å². The van der Waals surface area contributed by atoms with Crippen molar-refractivity contribution in [3.05, 3.63) is 58.9 Å². The number of hydrogen-bond acceptors (Lipinski definition) is 4. The minimum Gasteiger partial charge on any atom is -0.451 e. The highest BCUT2D eigenvalue weighted by molar-refractivity contribution is 6.31. The second-order valence-electron chi connectivity index (χ2n) is 6.83. The van der Waals surface area contributed by atoms with E-state index in [2.05, 4.69) is 4.98 Å². The summed E-state index contributed by atoms with van der Waals surface area (Å²) in [6.07, 6.45) is -2.91. The fourth-order valence-electron chi connectivity index (χ4n) is 3.37. The van der Waals surface area contributed by atoms with Gasteiger partial charge in [0, 0.05) is 42.8 Å². The van der Waals surface area contributed by atoms with Gasteiger partial charge >= 0.3 is 6.18 Å². The van der Waals surface area contributed by atoms with E-state index in [0.29, 0.717) is 49.0 Å². The second kappa shape index (κ2) is 7.59. The molecule has 152 valence electrons. The third-order valence-electron chi connectivity index (χ3n) is 4.87. The number of carbonyl (C=O) groups excluding carboxylic acids is 1. The molecule has 0 aliphatic carbocycles. The van der Waals surface area contributed by atoms with Gasteiger partial charge in [0.1, 0.15) is 11.4 Å². The number of nitrogens with zero attached hydrogens (tertiary/aromatic N) is 3. The van der Waals surface area contributed by atoms with E-state index in [1.54, 1.807) is 29.2 Å². The van der Waals surface area contributed by atoms with Crippen LogP contribution in [0, 0.1) is 0 Å². The largest absolute Gasteiger partial charge is 0.451 e. The lowest BCUT2D eigenvalue weighted by Gasteiger charge is -2.22. The Bertz CT molecular complexity index is 1030. The van der Waals surface area contributed by atoms with Crippen molar-refractivity contribution in [2.24, 2.45) is 0 Å². The van der Waals surface area contributed by atoms with Crippen LogP contribution in [0.4, 0.5) is 19.0 Å². The average Bonchev–Trinajstić information content (AvgIpc) is 2.95. The molecule has 0 N–H and O–H groups in total. The predicted molar refractivity (Wildman–Crippen MR) is 103 cm³/mol. The first kappa shape index (κ1) is 19.6. The van der Waals surface area contributed by atoms with E-state index in [1.165, 1.54) is 6.07 Å². The number of benzene rings is 1. The molecule has 1 aliphatic rings. The van der Waals surface area contributed by atoms with Crippen LogP contribution in [-0.4, -0.2) is 42.0 Å². The van der Waals surface area contributed by atoms with Gasteiger partial charge in [-0.2, -0.15) is 13.2 Å². The highest BCUT2D eigenvalue weighted by Gasteiger charge is 2.31. The summed E-state index contributed by atoms with van der Waals surface area (Å²) in [4.78, 5) is 20.4. The van der Waals surface area contributed by atoms with Gasteiger partial charge in [-0.15, -0.1) is 0 Å². The number of aromatic nitrogens is 1. The van der Waals surface area contributed by atoms with Crippen molar-refractivity contribution in [3.8, 4) is 0 Å². The quantitative estimate of drug-likeness (QED) is 0.591. The molecule has 4 rings (SSSR count). The Kier molecular flexibility index (Phi) is 5.12. The number of pyridine rings is 1. The van der Waals surface area contributed by atoms with E-state index in [9.17, 15) is 18.0 Å². The number of hydrogen-bond donors (Lipinski definition) is 0. The van der Waals surface area contributed by atoms with Gasteiger partial charge in [-0.1, -0.05) is 11.6 Å². The maximum atomic E-state index is 12.8. The van der Waals surface area contributed by atoms with Crippen molar-refractivity contribution >= 4 is 34.3 Å². The maximum Gasteiger partial charge on any atom is 0.417 e. The number of carbonyl (C=O) groups is 1. The highest BCUT2D eigenvalue weighted by Crippen LogP contribution is 2.29. The molecule has 29 heavy (non-hydrogen) atoms. The first-order valence-electron chi connectivity index (χ1n) is 9.08. The molecular weight excluding hydrogens is 407 g/mol. The molecule has 1 aliphatic heterocycles. The summed E-state index contributed by atoms with van der Waals surface area (Å²) in [5, 5.41) is 1.32. The molecule has 0 atom stereocenters. The van der Waals surface area contributed by atoms with E-state index in [1.807, 2.05) is 4.90 Å². The van der Waals surface area contributed by atoms with Crippen molar-refractivity contribution in [2.75, 3.05) is 31.1 Å². The fourth-order valence-corrected chi connectivity index (χ4v) is 3.55. The molecule has 0 radical (unpaired) electrons. The zero-order valence-electron chi connectivity index (χ0n) is 15.2. The summed E-state index contributed by atoms with van der Waals surface area (Å²) in [7, 11) is 0. The molecule has 0 saturated carbocycles. The number of anilines is 1. The van der Waals surface area contributed by atoms with Crippen LogP contribution in [0.2, 0.25) is 5.02 Å². The van der Waals surface area contributed by atoms with Gasteiger partial charge in [0.25, 0.3) is 5.91 Å². The SMILES string of the molecule is O=C(c1cc2cc(Cl)ccc2o1)N1CCCN(c2ccc(C(F)(F)F)cn2)CC1. The van der Waals surface area contributed by atoms with Gasteiger partial charge in [-0.3, -0.25) is 4.79 Å². The molecule has 1 saturated heterocycles. The third-order valence-corrected chi connectivity index (χ3v) is 5.11. The second-order valence-corrected chi connectivity index (χ2v) is 7.26. The smallest absolute Gasteiger partial charge is 0.417 e. The minimum absolute atomic E-state index is 0.223. The summed E-state index contributed by atoms with van der Waals surface area (Å²) < 4.78 is 43.8. The van der Waals surface area contributed by atoms with Crippen molar-refractivity contribution in [1.29, 1.82) is 0 Å². The highest BCUT2D eigenvalue weighted by atomic mass is 35.5. The Balaban J connectivity index is 1.46. The Morgan fingerprint density at radius 2 is 1.90 bits per heavy atom. The number of furan rings is 1. The molecule has 1 amide bonds. The number of fused-ring (bicyclic) bond motifs is 1. The van der Waals surface area contributed by atoms with Gasteiger partial charge in [0.15, 0.2) is 5.76 Å². The molecular formula is C20H17ClF3N3O2. The standard InChI is InChI=1S/C20H17ClF3N3O2/c21-15-3-4-16-13(10-15)11-17(29-16)19(28)27-7-1-6-26(8-9-27)18-5-2-14(12-25-18)20(22,23)24/h2-5,10-12H,1,6-9H2. The van der Waals surface area contributed by atoms with Gasteiger partial charge in [-0.25, -0.2) is 4.98 Å². The molecule has 5 nitrogen and oxygen atoms in total. The fraction of sp³-hybridized carbons (Fsp3) is 0.300. The Morgan fingerprint density at radius 3 is 2.62 bits per heavy atom. The van der Waals surface area contributed by atoms with Crippen LogP contribution in [0.15, 0.2) is 47.0 Å². The van der Waals surface area contributed by atoms with E-state index >= 15 is 0 Å². The van der Waals surface area contributed by atoms with Crippen molar-refractivity contribution in [3.63, 3.8) is 0 Å². The Morgan fingerprint density at radius 1 is 1.07 bits per heavy atom. The number of amides is 1. The third kappa shape index (κ3) is 4.17. The van der Waals surface area contributed by atoms with E-state index < -0.39 is 11.7 Å². The molecule has 1 aromatic carbocycles. The Labute approximate surface area is 169 Å². The zero-order valence-corrected chi connectivity index (χ0v) is 16.0. The Hall–Kier alpha value is -2.74. The average molecular weight is 424 g/mol. The van der Waals surface area contributed by atoms with E-state index in [-0.39, 0.29) is 11.7 Å². The number of halogens is 4. The summed E-state index contributed by atoms with van der Waals surface area (Å²) in [6, 6.07) is 9.21.